The molecule has 0 atom stereocenters. The minimum atomic E-state index is 0.0146. The van der Waals surface area contributed by atoms with Crippen molar-refractivity contribution in [3.63, 3.8) is 0 Å². The van der Waals surface area contributed by atoms with Crippen LogP contribution in [0.2, 0.25) is 0 Å². The summed E-state index contributed by atoms with van der Waals surface area (Å²) in [4.78, 5) is 23.9. The van der Waals surface area contributed by atoms with Crippen molar-refractivity contribution >= 4 is 46.0 Å². The minimum absolute atomic E-state index is 0.0146. The Balaban J connectivity index is 1.73. The first-order valence-corrected chi connectivity index (χ1v) is 11.3. The molecule has 1 N–H and O–H groups in total. The van der Waals surface area contributed by atoms with Crippen molar-refractivity contribution in [2.45, 2.75) is 31.6 Å². The Morgan fingerprint density at radius 1 is 1.14 bits per heavy atom. The van der Waals surface area contributed by atoms with Gasteiger partial charge in [-0.1, -0.05) is 37.2 Å². The molecule has 1 saturated heterocycles. The SMILES string of the molecule is CCCCN1C(=O)C(=C2Sc3ccccc3N2C)SC1=Nc1ccc(O)cc1C. The third-order valence-electron chi connectivity index (χ3n) is 4.93. The van der Waals surface area contributed by atoms with E-state index in [1.165, 1.54) is 11.8 Å². The number of para-hydroxylation sites is 1. The number of thioether (sulfide) groups is 2. The summed E-state index contributed by atoms with van der Waals surface area (Å²) in [6, 6.07) is 13.3. The van der Waals surface area contributed by atoms with Gasteiger partial charge < -0.3 is 10.0 Å². The number of carbonyl (C=O) groups excluding carboxylic acids is 1. The third-order valence-corrected chi connectivity index (χ3v) is 7.36. The van der Waals surface area contributed by atoms with Gasteiger partial charge in [0.25, 0.3) is 5.91 Å². The molecule has 2 aliphatic heterocycles. The summed E-state index contributed by atoms with van der Waals surface area (Å²) in [5.74, 6) is 0.231. The summed E-state index contributed by atoms with van der Waals surface area (Å²) in [5, 5.41) is 11.3. The lowest BCUT2D eigenvalue weighted by atomic mass is 10.2. The molecule has 7 heteroatoms. The van der Waals surface area contributed by atoms with Gasteiger partial charge in [0.1, 0.15) is 10.7 Å². The fourth-order valence-electron chi connectivity index (χ4n) is 3.30. The van der Waals surface area contributed by atoms with Gasteiger partial charge in [-0.05, 0) is 61.0 Å². The zero-order chi connectivity index (χ0) is 20.5. The molecule has 1 amide bonds. The number of unbranched alkanes of at least 4 members (excludes halogenated alkanes) is 1. The van der Waals surface area contributed by atoms with E-state index in [9.17, 15) is 9.90 Å². The van der Waals surface area contributed by atoms with Crippen LogP contribution in [0.25, 0.3) is 0 Å². The highest BCUT2D eigenvalue weighted by molar-refractivity contribution is 8.19. The fourth-order valence-corrected chi connectivity index (χ4v) is 5.66. The second-order valence-electron chi connectivity index (χ2n) is 7.04. The van der Waals surface area contributed by atoms with Crippen LogP contribution >= 0.6 is 23.5 Å². The quantitative estimate of drug-likeness (QED) is 0.658. The van der Waals surface area contributed by atoms with Crippen molar-refractivity contribution in [1.29, 1.82) is 0 Å². The maximum absolute atomic E-state index is 13.3. The van der Waals surface area contributed by atoms with E-state index in [1.807, 2.05) is 26.1 Å². The van der Waals surface area contributed by atoms with E-state index in [0.29, 0.717) is 11.7 Å². The van der Waals surface area contributed by atoms with Crippen molar-refractivity contribution in [3.8, 4) is 5.75 Å². The predicted molar refractivity (Wildman–Crippen MR) is 122 cm³/mol. The molecule has 0 saturated carbocycles. The first kappa shape index (κ1) is 19.9. The maximum Gasteiger partial charge on any atom is 0.269 e. The van der Waals surface area contributed by atoms with E-state index in [4.69, 9.17) is 4.99 Å². The molecule has 0 aromatic heterocycles. The van der Waals surface area contributed by atoms with E-state index in [2.05, 4.69) is 24.0 Å². The van der Waals surface area contributed by atoms with Crippen molar-refractivity contribution in [1.82, 2.24) is 4.90 Å². The largest absolute Gasteiger partial charge is 0.508 e. The summed E-state index contributed by atoms with van der Waals surface area (Å²) in [6.45, 7) is 4.68. The van der Waals surface area contributed by atoms with Crippen LogP contribution in [-0.4, -0.2) is 34.7 Å². The van der Waals surface area contributed by atoms with Crippen LogP contribution in [0.4, 0.5) is 11.4 Å². The van der Waals surface area contributed by atoms with Crippen molar-refractivity contribution in [2.24, 2.45) is 4.99 Å². The molecule has 0 bridgehead atoms. The van der Waals surface area contributed by atoms with E-state index in [0.717, 1.165) is 44.6 Å². The number of rotatable bonds is 4. The van der Waals surface area contributed by atoms with Crippen LogP contribution in [0.5, 0.6) is 5.75 Å². The molecule has 0 radical (unpaired) electrons. The molecule has 1 fully saturated rings. The Morgan fingerprint density at radius 2 is 1.93 bits per heavy atom. The maximum atomic E-state index is 13.3. The number of benzene rings is 2. The minimum Gasteiger partial charge on any atom is -0.508 e. The van der Waals surface area contributed by atoms with Crippen LogP contribution in [0.3, 0.4) is 0 Å². The normalized spacial score (nSPS) is 20.1. The number of carbonyl (C=O) groups is 1. The van der Waals surface area contributed by atoms with Gasteiger partial charge >= 0.3 is 0 Å². The number of phenols is 1. The molecule has 5 nitrogen and oxygen atoms in total. The summed E-state index contributed by atoms with van der Waals surface area (Å²) in [6.07, 6.45) is 1.93. The number of phenolic OH excluding ortho intramolecular Hbond substituents is 1. The Labute approximate surface area is 179 Å². The van der Waals surface area contributed by atoms with Gasteiger partial charge in [-0.3, -0.25) is 9.69 Å². The fraction of sp³-hybridized carbons (Fsp3) is 0.273. The number of amides is 1. The number of aromatic hydroxyl groups is 1. The first-order valence-electron chi connectivity index (χ1n) is 9.62. The molecule has 2 aliphatic rings. The second-order valence-corrected chi connectivity index (χ2v) is 9.05. The number of hydrogen-bond acceptors (Lipinski definition) is 6. The average molecular weight is 426 g/mol. The summed E-state index contributed by atoms with van der Waals surface area (Å²) >= 11 is 3.07. The Hall–Kier alpha value is -2.38. The van der Waals surface area contributed by atoms with Gasteiger partial charge in [-0.2, -0.15) is 0 Å². The van der Waals surface area contributed by atoms with Gasteiger partial charge in [0, 0.05) is 18.5 Å². The molecule has 0 aliphatic carbocycles. The summed E-state index contributed by atoms with van der Waals surface area (Å²) in [5.41, 5.74) is 2.76. The monoisotopic (exact) mass is 425 g/mol. The van der Waals surface area contributed by atoms with Gasteiger partial charge in [0.05, 0.1) is 16.4 Å². The summed E-state index contributed by atoms with van der Waals surface area (Å²) < 4.78 is 0. The van der Waals surface area contributed by atoms with Crippen LogP contribution in [-0.2, 0) is 4.79 Å². The predicted octanol–water partition coefficient (Wildman–Crippen LogP) is 5.47. The number of fused-ring (bicyclic) bond motifs is 1. The number of nitrogens with zero attached hydrogens (tertiary/aromatic N) is 3. The van der Waals surface area contributed by atoms with Gasteiger partial charge in [-0.15, -0.1) is 0 Å². The third kappa shape index (κ3) is 3.76. The molecule has 4 rings (SSSR count). The Morgan fingerprint density at radius 3 is 2.66 bits per heavy atom. The zero-order valence-electron chi connectivity index (χ0n) is 16.7. The number of aryl methyl sites for hydroxylation is 1. The molecule has 0 spiro atoms. The summed E-state index contributed by atoms with van der Waals surface area (Å²) in [7, 11) is 2.00. The highest BCUT2D eigenvalue weighted by Gasteiger charge is 2.38. The Kier molecular flexibility index (Phi) is 5.61. The second kappa shape index (κ2) is 8.16. The molecule has 150 valence electrons. The van der Waals surface area contributed by atoms with Crippen molar-refractivity contribution < 1.29 is 9.90 Å². The molecule has 29 heavy (non-hydrogen) atoms. The standard InChI is InChI=1S/C22H23N3O2S2/c1-4-5-12-25-20(27)19(21-24(3)17-8-6-7-9-18(17)28-21)29-22(25)23-16-11-10-15(26)13-14(16)2/h6-11,13,26H,4-5,12H2,1-3H3. The number of aliphatic imine (C=N–C) groups is 1. The smallest absolute Gasteiger partial charge is 0.269 e. The molecule has 2 aromatic rings. The van der Waals surface area contributed by atoms with E-state index >= 15 is 0 Å². The lowest BCUT2D eigenvalue weighted by Gasteiger charge is -2.16. The zero-order valence-corrected chi connectivity index (χ0v) is 18.3. The van der Waals surface area contributed by atoms with E-state index in [1.54, 1.807) is 34.9 Å². The van der Waals surface area contributed by atoms with Gasteiger partial charge in [0.15, 0.2) is 5.17 Å². The van der Waals surface area contributed by atoms with E-state index in [-0.39, 0.29) is 11.7 Å². The highest BCUT2D eigenvalue weighted by atomic mass is 32.2. The molecule has 2 aromatic carbocycles. The Bertz CT molecular complexity index is 1030. The lowest BCUT2D eigenvalue weighted by molar-refractivity contribution is -0.122. The van der Waals surface area contributed by atoms with Crippen LogP contribution < -0.4 is 4.90 Å². The topological polar surface area (TPSA) is 56.1 Å². The number of amidine groups is 1. The first-order chi connectivity index (χ1) is 14.0. The molecule has 2 heterocycles. The molecule has 0 unspecified atom stereocenters. The van der Waals surface area contributed by atoms with Crippen LogP contribution in [0.1, 0.15) is 25.3 Å². The van der Waals surface area contributed by atoms with Gasteiger partial charge in [-0.25, -0.2) is 4.99 Å². The van der Waals surface area contributed by atoms with Crippen LogP contribution in [0, 0.1) is 6.92 Å². The van der Waals surface area contributed by atoms with Crippen molar-refractivity contribution in [2.75, 3.05) is 18.5 Å². The average Bonchev–Trinajstić information content (AvgIpc) is 3.19. The number of anilines is 1. The number of hydrogen-bond donors (Lipinski definition) is 1. The van der Waals surface area contributed by atoms with E-state index < -0.39 is 0 Å². The van der Waals surface area contributed by atoms with Crippen LogP contribution in [0.15, 0.2) is 62.3 Å². The van der Waals surface area contributed by atoms with Gasteiger partial charge in [0.2, 0.25) is 0 Å². The van der Waals surface area contributed by atoms with Crippen molar-refractivity contribution in [3.05, 3.63) is 58.0 Å². The lowest BCUT2D eigenvalue weighted by Crippen LogP contribution is -2.30. The highest BCUT2D eigenvalue weighted by Crippen LogP contribution is 2.50. The molecular formula is C22H23N3O2S2. The molecular weight excluding hydrogens is 402 g/mol.